The molecule has 0 amide bonds. The molecule has 2 aromatic heterocycles. The van der Waals surface area contributed by atoms with Crippen molar-refractivity contribution in [1.29, 1.82) is 0 Å². The molecule has 0 aliphatic rings. The van der Waals surface area contributed by atoms with Crippen LogP contribution in [0.5, 0.6) is 0 Å². The minimum absolute atomic E-state index is 0.365. The topological polar surface area (TPSA) is 29.9 Å². The Kier molecular flexibility index (Phi) is 3.84. The van der Waals surface area contributed by atoms with Gasteiger partial charge in [0.25, 0.3) is 0 Å². The van der Waals surface area contributed by atoms with Crippen LogP contribution < -0.4 is 5.32 Å². The summed E-state index contributed by atoms with van der Waals surface area (Å²) in [5, 5.41) is 9.98. The van der Waals surface area contributed by atoms with Gasteiger partial charge in [0.1, 0.15) is 0 Å². The van der Waals surface area contributed by atoms with E-state index >= 15 is 0 Å². The molecule has 92 valence electrons. The highest BCUT2D eigenvalue weighted by Gasteiger charge is 2.16. The number of nitrogens with one attached hydrogen (secondary N) is 1. The lowest BCUT2D eigenvalue weighted by molar-refractivity contribution is 0.553. The minimum Gasteiger partial charge on any atom is -0.375 e. The van der Waals surface area contributed by atoms with E-state index in [1.807, 2.05) is 10.9 Å². The van der Waals surface area contributed by atoms with Gasteiger partial charge in [0.05, 0.1) is 17.9 Å². The maximum atomic E-state index is 4.29. The van der Waals surface area contributed by atoms with Gasteiger partial charge in [0.2, 0.25) is 0 Å². The molecular weight excluding hydrogens is 230 g/mol. The van der Waals surface area contributed by atoms with Crippen LogP contribution in [0.4, 0.5) is 5.69 Å². The summed E-state index contributed by atoms with van der Waals surface area (Å²) >= 11 is 1.80. The van der Waals surface area contributed by atoms with E-state index < -0.39 is 0 Å². The number of anilines is 1. The standard InChI is InChI=1S/C13H19N3S/c1-4-16-9-11(8-14-16)15-13(10(2)3)12-6-5-7-17-12/h5-10,13,15H,4H2,1-3H3. The zero-order valence-electron chi connectivity index (χ0n) is 10.6. The van der Waals surface area contributed by atoms with Crippen molar-refractivity contribution in [3.05, 3.63) is 34.8 Å². The summed E-state index contributed by atoms with van der Waals surface area (Å²) in [5.74, 6) is 0.554. The van der Waals surface area contributed by atoms with Crippen LogP contribution in [0.25, 0.3) is 0 Å². The second kappa shape index (κ2) is 5.36. The van der Waals surface area contributed by atoms with Gasteiger partial charge in [0, 0.05) is 17.6 Å². The van der Waals surface area contributed by atoms with Crippen molar-refractivity contribution in [3.63, 3.8) is 0 Å². The summed E-state index contributed by atoms with van der Waals surface area (Å²) in [5.41, 5.74) is 1.10. The van der Waals surface area contributed by atoms with Crippen LogP contribution in [-0.4, -0.2) is 9.78 Å². The number of hydrogen-bond donors (Lipinski definition) is 1. The van der Waals surface area contributed by atoms with Crippen LogP contribution in [0, 0.1) is 5.92 Å². The minimum atomic E-state index is 0.365. The van der Waals surface area contributed by atoms with Crippen molar-refractivity contribution in [3.8, 4) is 0 Å². The van der Waals surface area contributed by atoms with Crippen LogP contribution >= 0.6 is 11.3 Å². The molecule has 0 radical (unpaired) electrons. The second-order valence-electron chi connectivity index (χ2n) is 4.47. The number of rotatable bonds is 5. The molecule has 0 saturated carbocycles. The Morgan fingerprint density at radius 3 is 2.82 bits per heavy atom. The van der Waals surface area contributed by atoms with Gasteiger partial charge in [-0.2, -0.15) is 5.10 Å². The molecule has 2 heterocycles. The maximum absolute atomic E-state index is 4.29. The first-order chi connectivity index (χ1) is 8.20. The fourth-order valence-electron chi connectivity index (χ4n) is 1.83. The molecule has 0 aliphatic carbocycles. The van der Waals surface area contributed by atoms with Crippen LogP contribution in [0.15, 0.2) is 29.9 Å². The maximum Gasteiger partial charge on any atom is 0.0731 e. The summed E-state index contributed by atoms with van der Waals surface area (Å²) in [6.07, 6.45) is 3.95. The van der Waals surface area contributed by atoms with Crippen LogP contribution in [0.1, 0.15) is 31.7 Å². The lowest BCUT2D eigenvalue weighted by Crippen LogP contribution is -2.15. The fourth-order valence-corrected chi connectivity index (χ4v) is 2.77. The lowest BCUT2D eigenvalue weighted by Gasteiger charge is -2.21. The smallest absolute Gasteiger partial charge is 0.0731 e. The van der Waals surface area contributed by atoms with E-state index in [0.29, 0.717) is 12.0 Å². The Morgan fingerprint density at radius 1 is 1.47 bits per heavy atom. The summed E-state index contributed by atoms with van der Waals surface area (Å²) in [6, 6.07) is 4.66. The van der Waals surface area contributed by atoms with E-state index in [2.05, 4.69) is 54.9 Å². The Labute approximate surface area is 106 Å². The fraction of sp³-hybridized carbons (Fsp3) is 0.462. The Morgan fingerprint density at radius 2 is 2.29 bits per heavy atom. The van der Waals surface area contributed by atoms with Crippen molar-refractivity contribution in [2.45, 2.75) is 33.4 Å². The van der Waals surface area contributed by atoms with E-state index in [1.165, 1.54) is 4.88 Å². The monoisotopic (exact) mass is 249 g/mol. The highest BCUT2D eigenvalue weighted by atomic mass is 32.1. The Bertz CT molecular complexity index is 445. The lowest BCUT2D eigenvalue weighted by atomic mass is 10.0. The average molecular weight is 249 g/mol. The molecule has 0 spiro atoms. The van der Waals surface area contributed by atoms with E-state index in [0.717, 1.165) is 12.2 Å². The normalized spacial score (nSPS) is 12.9. The highest BCUT2D eigenvalue weighted by molar-refractivity contribution is 7.10. The molecule has 2 aromatic rings. The van der Waals surface area contributed by atoms with Gasteiger partial charge in [-0.1, -0.05) is 19.9 Å². The summed E-state index contributed by atoms with van der Waals surface area (Å²) in [7, 11) is 0. The van der Waals surface area contributed by atoms with Crippen LogP contribution in [-0.2, 0) is 6.54 Å². The van der Waals surface area contributed by atoms with Gasteiger partial charge in [-0.15, -0.1) is 11.3 Å². The zero-order valence-corrected chi connectivity index (χ0v) is 11.4. The predicted molar refractivity (Wildman–Crippen MR) is 73.4 cm³/mol. The molecule has 0 aliphatic heterocycles. The van der Waals surface area contributed by atoms with E-state index in [1.54, 1.807) is 11.3 Å². The number of hydrogen-bond acceptors (Lipinski definition) is 3. The summed E-state index contributed by atoms with van der Waals surface area (Å²) < 4.78 is 1.94. The third-order valence-corrected chi connectivity index (χ3v) is 3.75. The van der Waals surface area contributed by atoms with Gasteiger partial charge in [0.15, 0.2) is 0 Å². The van der Waals surface area contributed by atoms with E-state index in [4.69, 9.17) is 0 Å². The number of aromatic nitrogens is 2. The molecule has 0 aromatic carbocycles. The Hall–Kier alpha value is -1.29. The third kappa shape index (κ3) is 2.88. The second-order valence-corrected chi connectivity index (χ2v) is 5.45. The summed E-state index contributed by atoms with van der Waals surface area (Å²) in [4.78, 5) is 1.38. The van der Waals surface area contributed by atoms with Gasteiger partial charge < -0.3 is 5.32 Å². The molecule has 1 atom stereocenters. The summed E-state index contributed by atoms with van der Waals surface area (Å²) in [6.45, 7) is 7.48. The molecule has 4 heteroatoms. The van der Waals surface area contributed by atoms with Crippen molar-refractivity contribution in [2.75, 3.05) is 5.32 Å². The highest BCUT2D eigenvalue weighted by Crippen LogP contribution is 2.29. The van der Waals surface area contributed by atoms with Crippen LogP contribution in [0.2, 0.25) is 0 Å². The van der Waals surface area contributed by atoms with Crippen LogP contribution in [0.3, 0.4) is 0 Å². The third-order valence-electron chi connectivity index (χ3n) is 2.80. The van der Waals surface area contributed by atoms with Crippen molar-refractivity contribution in [1.82, 2.24) is 9.78 Å². The SMILES string of the molecule is CCn1cc(NC(c2cccs2)C(C)C)cn1. The molecule has 0 saturated heterocycles. The van der Waals surface area contributed by atoms with Gasteiger partial charge in [-0.25, -0.2) is 0 Å². The first-order valence-electron chi connectivity index (χ1n) is 6.03. The van der Waals surface area contributed by atoms with Gasteiger partial charge >= 0.3 is 0 Å². The average Bonchev–Trinajstić information content (AvgIpc) is 2.96. The molecule has 1 unspecified atom stereocenters. The van der Waals surface area contributed by atoms with E-state index in [9.17, 15) is 0 Å². The predicted octanol–water partition coefficient (Wildman–Crippen LogP) is 3.77. The van der Waals surface area contributed by atoms with Gasteiger partial charge in [-0.3, -0.25) is 4.68 Å². The molecule has 0 fully saturated rings. The number of thiophene rings is 1. The molecule has 0 bridgehead atoms. The molecule has 2 rings (SSSR count). The van der Waals surface area contributed by atoms with E-state index in [-0.39, 0.29) is 0 Å². The first kappa shape index (κ1) is 12.2. The Balaban J connectivity index is 2.13. The van der Waals surface area contributed by atoms with Crippen molar-refractivity contribution >= 4 is 17.0 Å². The quantitative estimate of drug-likeness (QED) is 0.874. The van der Waals surface area contributed by atoms with Crippen molar-refractivity contribution < 1.29 is 0 Å². The zero-order chi connectivity index (χ0) is 12.3. The van der Waals surface area contributed by atoms with Gasteiger partial charge in [-0.05, 0) is 24.3 Å². The first-order valence-corrected chi connectivity index (χ1v) is 6.91. The van der Waals surface area contributed by atoms with Crippen molar-refractivity contribution in [2.24, 2.45) is 5.92 Å². The molecular formula is C13H19N3S. The number of aryl methyl sites for hydroxylation is 1. The molecule has 17 heavy (non-hydrogen) atoms. The molecule has 3 nitrogen and oxygen atoms in total. The molecule has 1 N–H and O–H groups in total. The largest absolute Gasteiger partial charge is 0.375 e. The number of nitrogens with zero attached hydrogens (tertiary/aromatic N) is 2.